The van der Waals surface area contributed by atoms with E-state index in [4.69, 9.17) is 0 Å². The Morgan fingerprint density at radius 3 is 1.84 bits per heavy atom. The predicted octanol–water partition coefficient (Wildman–Crippen LogP) is 3.42. The molecule has 2 N–H and O–H groups in total. The molecule has 1 saturated carbocycles. The number of carbonyl (C=O) groups excluding carboxylic acids is 1. The van der Waals surface area contributed by atoms with E-state index in [1.807, 2.05) is 36.4 Å². The van der Waals surface area contributed by atoms with Crippen molar-refractivity contribution in [3.8, 4) is 0 Å². The monoisotopic (exact) mass is 412 g/mol. The third kappa shape index (κ3) is 3.89. The highest BCUT2D eigenvalue weighted by atomic mass is 16.3. The van der Waals surface area contributed by atoms with Crippen LogP contribution in [0, 0.1) is 17.8 Å². The van der Waals surface area contributed by atoms with Gasteiger partial charge in [-0.2, -0.15) is 0 Å². The van der Waals surface area contributed by atoms with Crippen LogP contribution >= 0.6 is 0 Å². The summed E-state index contributed by atoms with van der Waals surface area (Å²) in [7, 11) is 0. The number of nitrogens with one attached hydrogen (secondary N) is 1. The number of aliphatic hydroxyl groups is 1. The van der Waals surface area contributed by atoms with E-state index >= 15 is 0 Å². The number of hydrogen-bond acceptors (Lipinski definition) is 3. The zero-order valence-corrected chi connectivity index (χ0v) is 17.5. The summed E-state index contributed by atoms with van der Waals surface area (Å²) < 4.78 is 0. The first-order valence-electron chi connectivity index (χ1n) is 11.0. The lowest BCUT2D eigenvalue weighted by molar-refractivity contribution is -0.136. The fourth-order valence-corrected chi connectivity index (χ4v) is 5.14. The number of benzene rings is 3. The van der Waals surface area contributed by atoms with Crippen molar-refractivity contribution in [2.24, 2.45) is 17.8 Å². The summed E-state index contributed by atoms with van der Waals surface area (Å²) in [6, 6.07) is 29.0. The summed E-state index contributed by atoms with van der Waals surface area (Å²) in [5, 5.41) is 14.6. The Morgan fingerprint density at radius 2 is 1.32 bits per heavy atom. The summed E-state index contributed by atoms with van der Waals surface area (Å²) >= 11 is 0. The van der Waals surface area contributed by atoms with Crippen LogP contribution in [0.25, 0.3) is 0 Å². The molecule has 3 aromatic carbocycles. The Labute approximate surface area is 183 Å². The van der Waals surface area contributed by atoms with Crippen molar-refractivity contribution in [1.29, 1.82) is 0 Å². The van der Waals surface area contributed by atoms with Crippen LogP contribution in [0.1, 0.15) is 16.7 Å². The molecule has 1 aliphatic carbocycles. The number of nitrogens with zero attached hydrogens (tertiary/aromatic N) is 1. The van der Waals surface area contributed by atoms with Gasteiger partial charge in [0.2, 0.25) is 0 Å². The standard InChI is InChI=1S/C27H28N2O2/c30-26(27(31,21-12-6-2-7-13-21)22-14-8-3-9-15-22)28-16-23-24-18-29(19-25(23)24)17-20-10-4-1-5-11-20/h1-15,23-25,31H,16-19H2,(H,28,30)/t23?,24-,25+. The summed E-state index contributed by atoms with van der Waals surface area (Å²) in [6.45, 7) is 3.79. The van der Waals surface area contributed by atoms with Gasteiger partial charge in [-0.3, -0.25) is 9.69 Å². The molecule has 4 nitrogen and oxygen atoms in total. The number of piperidine rings is 1. The van der Waals surface area contributed by atoms with Crippen LogP contribution in [0.2, 0.25) is 0 Å². The minimum absolute atomic E-state index is 0.351. The molecule has 3 aromatic rings. The molecule has 0 aromatic heterocycles. The maximum absolute atomic E-state index is 13.3. The molecule has 5 rings (SSSR count). The summed E-state index contributed by atoms with van der Waals surface area (Å²) in [5.41, 5.74) is 0.836. The Bertz CT molecular complexity index is 971. The fraction of sp³-hybridized carbons (Fsp3) is 0.296. The molecular formula is C27H28N2O2. The zero-order valence-electron chi connectivity index (χ0n) is 17.5. The first-order chi connectivity index (χ1) is 15.2. The van der Waals surface area contributed by atoms with E-state index in [9.17, 15) is 9.90 Å². The molecule has 4 heteroatoms. The van der Waals surface area contributed by atoms with Gasteiger partial charge >= 0.3 is 0 Å². The minimum Gasteiger partial charge on any atom is -0.372 e. The molecule has 1 saturated heterocycles. The quantitative estimate of drug-likeness (QED) is 0.625. The number of rotatable bonds is 7. The maximum atomic E-state index is 13.3. The maximum Gasteiger partial charge on any atom is 0.261 e. The van der Waals surface area contributed by atoms with Gasteiger partial charge in [0, 0.05) is 26.2 Å². The first-order valence-corrected chi connectivity index (χ1v) is 11.0. The predicted molar refractivity (Wildman–Crippen MR) is 121 cm³/mol. The van der Waals surface area contributed by atoms with Crippen molar-refractivity contribution in [2.75, 3.05) is 19.6 Å². The lowest BCUT2D eigenvalue weighted by Crippen LogP contribution is -2.46. The van der Waals surface area contributed by atoms with Crippen molar-refractivity contribution in [2.45, 2.75) is 12.1 Å². The van der Waals surface area contributed by atoms with Crippen LogP contribution < -0.4 is 5.32 Å². The van der Waals surface area contributed by atoms with E-state index in [-0.39, 0.29) is 5.91 Å². The second-order valence-electron chi connectivity index (χ2n) is 8.82. The van der Waals surface area contributed by atoms with Crippen molar-refractivity contribution in [3.63, 3.8) is 0 Å². The third-order valence-corrected chi connectivity index (χ3v) is 6.91. The molecule has 1 unspecified atom stereocenters. The van der Waals surface area contributed by atoms with Crippen molar-refractivity contribution >= 4 is 5.91 Å². The van der Waals surface area contributed by atoms with Gasteiger partial charge in [0.05, 0.1) is 0 Å². The zero-order chi connectivity index (χ0) is 21.3. The third-order valence-electron chi connectivity index (χ3n) is 6.91. The second-order valence-corrected chi connectivity index (χ2v) is 8.82. The lowest BCUT2D eigenvalue weighted by Gasteiger charge is -2.28. The average Bonchev–Trinajstić information content (AvgIpc) is 3.29. The van der Waals surface area contributed by atoms with Gasteiger partial charge in [-0.25, -0.2) is 0 Å². The van der Waals surface area contributed by atoms with E-state index in [0.29, 0.717) is 35.4 Å². The highest BCUT2D eigenvalue weighted by Crippen LogP contribution is 2.51. The van der Waals surface area contributed by atoms with Crippen molar-refractivity contribution in [1.82, 2.24) is 10.2 Å². The molecule has 3 atom stereocenters. The molecule has 31 heavy (non-hydrogen) atoms. The normalized spacial score (nSPS) is 22.7. The highest BCUT2D eigenvalue weighted by molar-refractivity contribution is 5.90. The van der Waals surface area contributed by atoms with Gasteiger partial charge in [-0.15, -0.1) is 0 Å². The van der Waals surface area contributed by atoms with Gasteiger partial charge < -0.3 is 10.4 Å². The molecule has 0 spiro atoms. The van der Waals surface area contributed by atoms with Crippen LogP contribution in [0.15, 0.2) is 91.0 Å². The number of amides is 1. The minimum atomic E-state index is -1.69. The molecule has 2 aliphatic rings. The second kappa shape index (κ2) is 8.29. The van der Waals surface area contributed by atoms with Crippen LogP contribution in [0.4, 0.5) is 0 Å². The van der Waals surface area contributed by atoms with Gasteiger partial charge in [0.1, 0.15) is 0 Å². The molecule has 1 aliphatic heterocycles. The number of likely N-dealkylation sites (tertiary alicyclic amines) is 1. The molecule has 0 radical (unpaired) electrons. The number of hydrogen-bond donors (Lipinski definition) is 2. The van der Waals surface area contributed by atoms with E-state index < -0.39 is 5.60 Å². The van der Waals surface area contributed by atoms with Gasteiger partial charge in [-0.05, 0) is 34.4 Å². The molecule has 158 valence electrons. The highest BCUT2D eigenvalue weighted by Gasteiger charge is 2.55. The van der Waals surface area contributed by atoms with Crippen molar-refractivity contribution < 1.29 is 9.90 Å². The van der Waals surface area contributed by atoms with E-state index in [0.717, 1.165) is 19.6 Å². The Kier molecular flexibility index (Phi) is 5.34. The largest absolute Gasteiger partial charge is 0.372 e. The lowest BCUT2D eigenvalue weighted by atomic mass is 9.85. The number of carbonyl (C=O) groups is 1. The molecule has 0 bridgehead atoms. The average molecular weight is 413 g/mol. The summed E-state index contributed by atoms with van der Waals surface area (Å²) in [5.74, 6) is 1.44. The van der Waals surface area contributed by atoms with Crippen molar-refractivity contribution in [3.05, 3.63) is 108 Å². The van der Waals surface area contributed by atoms with Gasteiger partial charge in [0.15, 0.2) is 5.60 Å². The van der Waals surface area contributed by atoms with E-state index in [1.165, 1.54) is 5.56 Å². The number of fused-ring (bicyclic) bond motifs is 1. The smallest absolute Gasteiger partial charge is 0.261 e. The Morgan fingerprint density at radius 1 is 0.839 bits per heavy atom. The van der Waals surface area contributed by atoms with Crippen LogP contribution in [0.3, 0.4) is 0 Å². The van der Waals surface area contributed by atoms with Crippen LogP contribution in [-0.2, 0) is 16.9 Å². The first kappa shape index (κ1) is 20.0. The SMILES string of the molecule is O=C(NCC1[C@H]2CN(Cc3ccccc3)C[C@@H]12)C(O)(c1ccccc1)c1ccccc1. The van der Waals surface area contributed by atoms with E-state index in [2.05, 4.69) is 40.5 Å². The molecule has 1 amide bonds. The Balaban J connectivity index is 1.21. The van der Waals surface area contributed by atoms with Gasteiger partial charge in [0.25, 0.3) is 5.91 Å². The van der Waals surface area contributed by atoms with E-state index in [1.54, 1.807) is 24.3 Å². The van der Waals surface area contributed by atoms with Crippen LogP contribution in [0.5, 0.6) is 0 Å². The fourth-order valence-electron chi connectivity index (χ4n) is 5.14. The van der Waals surface area contributed by atoms with Crippen LogP contribution in [-0.4, -0.2) is 35.5 Å². The molecular weight excluding hydrogens is 384 g/mol. The molecule has 1 heterocycles. The topological polar surface area (TPSA) is 52.6 Å². The van der Waals surface area contributed by atoms with Gasteiger partial charge in [-0.1, -0.05) is 91.0 Å². The summed E-state index contributed by atoms with van der Waals surface area (Å²) in [6.07, 6.45) is 0. The summed E-state index contributed by atoms with van der Waals surface area (Å²) in [4.78, 5) is 15.8. The Hall–Kier alpha value is -2.95. The molecule has 2 fully saturated rings.